The Kier molecular flexibility index (Phi) is 5.64. The summed E-state index contributed by atoms with van der Waals surface area (Å²) < 4.78 is 11.4. The molecule has 2 heterocycles. The minimum absolute atomic E-state index is 0.0802. The van der Waals surface area contributed by atoms with Crippen molar-refractivity contribution in [3.8, 4) is 0 Å². The van der Waals surface area contributed by atoms with Crippen molar-refractivity contribution in [2.24, 2.45) is 0 Å². The van der Waals surface area contributed by atoms with Crippen molar-refractivity contribution in [1.82, 2.24) is 10.2 Å². The Hall–Kier alpha value is -1.59. The minimum Gasteiger partial charge on any atom is -0.444 e. The Balaban J connectivity index is 1.62. The SMILES string of the molecule is CC(C)(C)OC(=O)N1CCO[C@H](c2ccc(C3CCNCC3)cc2)C1. The van der Waals surface area contributed by atoms with Gasteiger partial charge in [-0.05, 0) is 63.7 Å². The van der Waals surface area contributed by atoms with Gasteiger partial charge >= 0.3 is 6.09 Å². The second-order valence-electron chi connectivity index (χ2n) is 7.98. The van der Waals surface area contributed by atoms with Crippen LogP contribution < -0.4 is 5.32 Å². The molecule has 2 aliphatic rings. The maximum absolute atomic E-state index is 12.3. The summed E-state index contributed by atoms with van der Waals surface area (Å²) in [4.78, 5) is 14.0. The number of hydrogen-bond acceptors (Lipinski definition) is 4. The van der Waals surface area contributed by atoms with Crippen molar-refractivity contribution in [2.75, 3.05) is 32.8 Å². The highest BCUT2D eigenvalue weighted by molar-refractivity contribution is 5.68. The highest BCUT2D eigenvalue weighted by Crippen LogP contribution is 2.28. The van der Waals surface area contributed by atoms with Gasteiger partial charge in [0, 0.05) is 6.54 Å². The van der Waals surface area contributed by atoms with Crippen LogP contribution in [-0.2, 0) is 9.47 Å². The third-order valence-electron chi connectivity index (χ3n) is 4.84. The molecule has 5 heteroatoms. The van der Waals surface area contributed by atoms with Crippen LogP contribution in [0, 0.1) is 0 Å². The van der Waals surface area contributed by atoms with E-state index >= 15 is 0 Å². The van der Waals surface area contributed by atoms with E-state index in [9.17, 15) is 4.79 Å². The summed E-state index contributed by atoms with van der Waals surface area (Å²) >= 11 is 0. The largest absolute Gasteiger partial charge is 0.444 e. The van der Waals surface area contributed by atoms with Gasteiger partial charge in [0.05, 0.1) is 13.2 Å². The number of carbonyl (C=O) groups is 1. The summed E-state index contributed by atoms with van der Waals surface area (Å²) in [6, 6.07) is 8.75. The van der Waals surface area contributed by atoms with Crippen molar-refractivity contribution in [2.45, 2.75) is 51.2 Å². The van der Waals surface area contributed by atoms with Gasteiger partial charge in [-0.15, -0.1) is 0 Å². The zero-order chi connectivity index (χ0) is 17.9. The molecule has 2 fully saturated rings. The van der Waals surface area contributed by atoms with E-state index in [1.807, 2.05) is 20.8 Å². The van der Waals surface area contributed by atoms with E-state index in [4.69, 9.17) is 9.47 Å². The lowest BCUT2D eigenvalue weighted by Crippen LogP contribution is -2.44. The first-order valence-electron chi connectivity index (χ1n) is 9.32. The first kappa shape index (κ1) is 18.2. The molecule has 5 nitrogen and oxygen atoms in total. The van der Waals surface area contributed by atoms with Gasteiger partial charge in [0.2, 0.25) is 0 Å². The first-order chi connectivity index (χ1) is 11.9. The van der Waals surface area contributed by atoms with Crippen LogP contribution >= 0.6 is 0 Å². The number of piperidine rings is 1. The molecule has 0 aromatic heterocycles. The Bertz CT molecular complexity index is 574. The molecule has 0 spiro atoms. The second kappa shape index (κ2) is 7.75. The van der Waals surface area contributed by atoms with Crippen molar-refractivity contribution >= 4 is 6.09 Å². The lowest BCUT2D eigenvalue weighted by Gasteiger charge is -2.34. The van der Waals surface area contributed by atoms with Gasteiger partial charge in [-0.25, -0.2) is 4.79 Å². The van der Waals surface area contributed by atoms with Gasteiger partial charge in [-0.1, -0.05) is 24.3 Å². The van der Waals surface area contributed by atoms with E-state index in [-0.39, 0.29) is 12.2 Å². The fraction of sp³-hybridized carbons (Fsp3) is 0.650. The zero-order valence-corrected chi connectivity index (χ0v) is 15.6. The van der Waals surface area contributed by atoms with Crippen LogP contribution in [0.4, 0.5) is 4.79 Å². The first-order valence-corrected chi connectivity index (χ1v) is 9.32. The van der Waals surface area contributed by atoms with Gasteiger partial charge in [0.25, 0.3) is 0 Å². The smallest absolute Gasteiger partial charge is 0.410 e. The van der Waals surface area contributed by atoms with Crippen molar-refractivity contribution < 1.29 is 14.3 Å². The monoisotopic (exact) mass is 346 g/mol. The summed E-state index contributed by atoms with van der Waals surface area (Å²) in [5, 5.41) is 3.41. The summed E-state index contributed by atoms with van der Waals surface area (Å²) in [6.45, 7) is 9.54. The van der Waals surface area contributed by atoms with Crippen molar-refractivity contribution in [1.29, 1.82) is 0 Å². The summed E-state index contributed by atoms with van der Waals surface area (Å²) in [5.74, 6) is 0.654. The molecule has 25 heavy (non-hydrogen) atoms. The number of hydrogen-bond donors (Lipinski definition) is 1. The van der Waals surface area contributed by atoms with Crippen LogP contribution in [0.5, 0.6) is 0 Å². The Labute approximate surface area is 150 Å². The standard InChI is InChI=1S/C20H30N2O3/c1-20(2,3)25-19(23)22-12-13-24-18(14-22)17-6-4-15(5-7-17)16-8-10-21-11-9-16/h4-7,16,18,21H,8-14H2,1-3H3/t18-/m0/s1. The molecule has 3 rings (SSSR count). The van der Waals surface area contributed by atoms with Crippen LogP contribution in [0.15, 0.2) is 24.3 Å². The van der Waals surface area contributed by atoms with E-state index in [0.29, 0.717) is 25.6 Å². The highest BCUT2D eigenvalue weighted by Gasteiger charge is 2.29. The van der Waals surface area contributed by atoms with Crippen LogP contribution in [0.25, 0.3) is 0 Å². The zero-order valence-electron chi connectivity index (χ0n) is 15.6. The maximum atomic E-state index is 12.3. The fourth-order valence-corrected chi connectivity index (χ4v) is 3.48. The van der Waals surface area contributed by atoms with E-state index in [0.717, 1.165) is 18.7 Å². The molecule has 0 aliphatic carbocycles. The van der Waals surface area contributed by atoms with Gasteiger partial charge in [-0.3, -0.25) is 0 Å². The summed E-state index contributed by atoms with van der Waals surface area (Å²) in [5.41, 5.74) is 2.07. The molecule has 2 saturated heterocycles. The molecule has 0 bridgehead atoms. The average molecular weight is 346 g/mol. The highest BCUT2D eigenvalue weighted by atomic mass is 16.6. The number of ether oxygens (including phenoxy) is 2. The Morgan fingerprint density at radius 2 is 1.80 bits per heavy atom. The molecule has 138 valence electrons. The molecule has 0 unspecified atom stereocenters. The normalized spacial score (nSPS) is 22.7. The third kappa shape index (κ3) is 4.95. The average Bonchev–Trinajstić information content (AvgIpc) is 2.61. The van der Waals surface area contributed by atoms with Gasteiger partial charge < -0.3 is 19.7 Å². The van der Waals surface area contributed by atoms with E-state index in [1.165, 1.54) is 18.4 Å². The van der Waals surface area contributed by atoms with Crippen molar-refractivity contribution in [3.63, 3.8) is 0 Å². The predicted molar refractivity (Wildman–Crippen MR) is 97.8 cm³/mol. The molecule has 1 aromatic rings. The minimum atomic E-state index is -0.471. The fourth-order valence-electron chi connectivity index (χ4n) is 3.48. The summed E-state index contributed by atoms with van der Waals surface area (Å²) in [6.07, 6.45) is 2.06. The molecule has 2 aliphatic heterocycles. The molecule has 1 amide bonds. The molecular formula is C20H30N2O3. The van der Waals surface area contributed by atoms with Gasteiger partial charge in [-0.2, -0.15) is 0 Å². The van der Waals surface area contributed by atoms with Gasteiger partial charge in [0.1, 0.15) is 11.7 Å². The Morgan fingerprint density at radius 3 is 2.44 bits per heavy atom. The number of benzene rings is 1. The van der Waals surface area contributed by atoms with Crippen LogP contribution in [0.3, 0.4) is 0 Å². The number of nitrogens with zero attached hydrogens (tertiary/aromatic N) is 1. The van der Waals surface area contributed by atoms with Crippen molar-refractivity contribution in [3.05, 3.63) is 35.4 Å². The summed E-state index contributed by atoms with van der Waals surface area (Å²) in [7, 11) is 0. The van der Waals surface area contributed by atoms with Crippen LogP contribution in [0.1, 0.15) is 56.8 Å². The van der Waals surface area contributed by atoms with E-state index < -0.39 is 5.60 Å². The van der Waals surface area contributed by atoms with E-state index in [1.54, 1.807) is 4.90 Å². The lowest BCUT2D eigenvalue weighted by atomic mass is 9.89. The maximum Gasteiger partial charge on any atom is 0.410 e. The number of rotatable bonds is 2. The van der Waals surface area contributed by atoms with Crippen LogP contribution in [0.2, 0.25) is 0 Å². The predicted octanol–water partition coefficient (Wildman–Crippen LogP) is 3.46. The number of morpholine rings is 1. The van der Waals surface area contributed by atoms with E-state index in [2.05, 4.69) is 29.6 Å². The topological polar surface area (TPSA) is 50.8 Å². The second-order valence-corrected chi connectivity index (χ2v) is 7.98. The Morgan fingerprint density at radius 1 is 1.16 bits per heavy atom. The van der Waals surface area contributed by atoms with Gasteiger partial charge in [0.15, 0.2) is 0 Å². The molecule has 1 aromatic carbocycles. The number of amides is 1. The quantitative estimate of drug-likeness (QED) is 0.891. The number of carbonyl (C=O) groups excluding carboxylic acids is 1. The molecular weight excluding hydrogens is 316 g/mol. The molecule has 1 N–H and O–H groups in total. The number of nitrogens with one attached hydrogen (secondary N) is 1. The molecule has 0 radical (unpaired) electrons. The third-order valence-corrected chi connectivity index (χ3v) is 4.84. The molecule has 1 atom stereocenters. The lowest BCUT2D eigenvalue weighted by molar-refractivity contribution is -0.0432. The molecule has 0 saturated carbocycles. The van der Waals surface area contributed by atoms with Crippen LogP contribution in [-0.4, -0.2) is 49.4 Å².